The fraction of sp³-hybridized carbons (Fsp3) is 0.360. The second-order valence-electron chi connectivity index (χ2n) is 8.97. The Kier molecular flexibility index (Phi) is 5.58. The predicted octanol–water partition coefficient (Wildman–Crippen LogP) is 3.29. The van der Waals surface area contributed by atoms with Gasteiger partial charge in [0.25, 0.3) is 5.78 Å². The molecule has 1 amide bonds. The molecule has 3 N–H and O–H groups in total. The molecule has 2 aromatic carbocycles. The fourth-order valence-electron chi connectivity index (χ4n) is 5.68. The molecular weight excluding hydrogens is 441 g/mol. The topological polar surface area (TPSA) is 102 Å². The van der Waals surface area contributed by atoms with Gasteiger partial charge in [0.15, 0.2) is 5.01 Å². The van der Waals surface area contributed by atoms with Crippen LogP contribution in [0, 0.1) is 23.6 Å². The van der Waals surface area contributed by atoms with Crippen molar-refractivity contribution < 1.29 is 18.8 Å². The summed E-state index contributed by atoms with van der Waals surface area (Å²) in [6.45, 7) is 0.579. The van der Waals surface area contributed by atoms with Crippen LogP contribution in [0.15, 0.2) is 48.5 Å². The summed E-state index contributed by atoms with van der Waals surface area (Å²) in [7, 11) is 0. The van der Waals surface area contributed by atoms with E-state index < -0.39 is 34.7 Å². The summed E-state index contributed by atoms with van der Waals surface area (Å²) in [5.41, 5.74) is 5.96. The molecule has 8 heteroatoms. The van der Waals surface area contributed by atoms with E-state index in [1.54, 1.807) is 18.2 Å². The van der Waals surface area contributed by atoms with Crippen molar-refractivity contribution in [1.82, 2.24) is 10.3 Å². The highest BCUT2D eigenvalue weighted by Gasteiger charge is 2.60. The molecule has 3 unspecified atom stereocenters. The molecule has 1 saturated heterocycles. The van der Waals surface area contributed by atoms with E-state index in [0.29, 0.717) is 17.6 Å². The molecule has 2 fully saturated rings. The van der Waals surface area contributed by atoms with Gasteiger partial charge < -0.3 is 11.1 Å². The number of hydrogen-bond acceptors (Lipinski definition) is 6. The minimum absolute atomic E-state index is 0.103. The largest absolute Gasteiger partial charge is 0.368 e. The number of carbonyl (C=O) groups excluding carboxylic acids is 3. The van der Waals surface area contributed by atoms with E-state index in [0.717, 1.165) is 35.3 Å². The van der Waals surface area contributed by atoms with Crippen molar-refractivity contribution in [2.75, 3.05) is 6.54 Å². The van der Waals surface area contributed by atoms with Crippen LogP contribution in [0.2, 0.25) is 0 Å². The number of fused-ring (bicyclic) bond motifs is 2. The number of nitrogens with one attached hydrogen (secondary N) is 1. The van der Waals surface area contributed by atoms with Crippen molar-refractivity contribution >= 4 is 39.0 Å². The van der Waals surface area contributed by atoms with Crippen LogP contribution >= 0.6 is 11.3 Å². The third-order valence-electron chi connectivity index (χ3n) is 7.24. The predicted molar refractivity (Wildman–Crippen MR) is 123 cm³/mol. The molecule has 2 aliphatic rings. The zero-order chi connectivity index (χ0) is 23.2. The minimum atomic E-state index is -1.32. The summed E-state index contributed by atoms with van der Waals surface area (Å²) < 4.78 is 14.3. The number of amides is 1. The molecule has 0 bridgehead atoms. The van der Waals surface area contributed by atoms with Gasteiger partial charge in [0.1, 0.15) is 11.4 Å². The highest BCUT2D eigenvalue weighted by atomic mass is 32.1. The van der Waals surface area contributed by atoms with Crippen molar-refractivity contribution in [3.63, 3.8) is 0 Å². The van der Waals surface area contributed by atoms with Crippen molar-refractivity contribution in [2.24, 2.45) is 23.5 Å². The molecule has 2 heterocycles. The number of nitrogens with zero attached hydrogens (tertiary/aromatic N) is 1. The fourth-order valence-corrected chi connectivity index (χ4v) is 6.59. The molecule has 1 aliphatic heterocycles. The standard InChI is InChI=1S/C25H24FN3O3S/c26-16-10-8-14(9-11-16)12-18(25(24(27)32)17-5-3-4-15(17)13-28-25)21(30)22(31)23-29-19-6-1-2-7-20(19)33-23/h1-2,6-11,15,17-18,28H,3-5,12-13H2,(H2,27,32)/t15?,17?,18-,25?/m0/s1. The summed E-state index contributed by atoms with van der Waals surface area (Å²) >= 11 is 1.16. The number of ketones is 2. The third kappa shape index (κ3) is 3.67. The van der Waals surface area contributed by atoms with Crippen LogP contribution in [-0.2, 0) is 16.0 Å². The number of Topliss-reactive ketones (excluding diaryl/α,β-unsaturated/α-hetero) is 2. The zero-order valence-corrected chi connectivity index (χ0v) is 18.7. The van der Waals surface area contributed by atoms with Crippen LogP contribution in [-0.4, -0.2) is 34.5 Å². The van der Waals surface area contributed by atoms with Crippen molar-refractivity contribution in [2.45, 2.75) is 31.2 Å². The van der Waals surface area contributed by atoms with E-state index >= 15 is 0 Å². The molecule has 6 nitrogen and oxygen atoms in total. The Morgan fingerprint density at radius 1 is 1.15 bits per heavy atom. The number of halogens is 1. The Labute approximate surface area is 194 Å². The first kappa shape index (κ1) is 21.9. The lowest BCUT2D eigenvalue weighted by Crippen LogP contribution is -2.63. The summed E-state index contributed by atoms with van der Waals surface area (Å²) in [4.78, 5) is 44.5. The zero-order valence-electron chi connectivity index (χ0n) is 17.9. The maximum atomic E-state index is 13.8. The van der Waals surface area contributed by atoms with Gasteiger partial charge in [0.2, 0.25) is 11.7 Å². The molecule has 170 valence electrons. The lowest BCUT2D eigenvalue weighted by Gasteiger charge is -2.38. The van der Waals surface area contributed by atoms with E-state index in [9.17, 15) is 18.8 Å². The molecule has 3 aromatic rings. The van der Waals surface area contributed by atoms with Crippen LogP contribution in [0.1, 0.15) is 34.6 Å². The van der Waals surface area contributed by atoms with Crippen LogP contribution < -0.4 is 11.1 Å². The van der Waals surface area contributed by atoms with E-state index in [1.165, 1.54) is 12.1 Å². The average molecular weight is 466 g/mol. The Morgan fingerprint density at radius 3 is 2.64 bits per heavy atom. The lowest BCUT2D eigenvalue weighted by molar-refractivity contribution is -0.134. The Bertz CT molecular complexity index is 1210. The molecule has 0 radical (unpaired) electrons. The SMILES string of the molecule is NC(=O)C1([C@@H](Cc2ccc(F)cc2)C(=O)C(=O)c2nc3ccccc3s2)NCC2CCCC21. The molecule has 1 saturated carbocycles. The number of benzene rings is 2. The number of hydrogen-bond donors (Lipinski definition) is 2. The van der Waals surface area contributed by atoms with Gasteiger partial charge in [-0.05, 0) is 67.5 Å². The normalized spacial score (nSPS) is 25.1. The number of thiazole rings is 1. The third-order valence-corrected chi connectivity index (χ3v) is 8.27. The first-order valence-electron chi connectivity index (χ1n) is 11.1. The molecule has 0 spiro atoms. The summed E-state index contributed by atoms with van der Waals surface area (Å²) in [6, 6.07) is 13.1. The summed E-state index contributed by atoms with van der Waals surface area (Å²) in [5.74, 6) is -3.30. The second-order valence-corrected chi connectivity index (χ2v) is 10.0. The summed E-state index contributed by atoms with van der Waals surface area (Å²) in [5, 5.41) is 3.38. The number of aromatic nitrogens is 1. The quantitative estimate of drug-likeness (QED) is 0.412. The van der Waals surface area contributed by atoms with Crippen LogP contribution in [0.5, 0.6) is 0 Å². The number of carbonyl (C=O) groups is 3. The lowest BCUT2D eigenvalue weighted by atomic mass is 9.68. The molecule has 5 rings (SSSR count). The smallest absolute Gasteiger partial charge is 0.257 e. The van der Waals surface area contributed by atoms with Gasteiger partial charge in [0.05, 0.1) is 16.1 Å². The highest BCUT2D eigenvalue weighted by molar-refractivity contribution is 7.21. The highest BCUT2D eigenvalue weighted by Crippen LogP contribution is 2.48. The molecule has 1 aliphatic carbocycles. The number of para-hydroxylation sites is 1. The van der Waals surface area contributed by atoms with Gasteiger partial charge in [-0.15, -0.1) is 11.3 Å². The average Bonchev–Trinajstić information content (AvgIpc) is 3.53. The van der Waals surface area contributed by atoms with Crippen LogP contribution in [0.4, 0.5) is 4.39 Å². The second kappa shape index (κ2) is 8.43. The molecular formula is C25H24FN3O3S. The van der Waals surface area contributed by atoms with Gasteiger partial charge in [-0.1, -0.05) is 30.7 Å². The molecule has 33 heavy (non-hydrogen) atoms. The van der Waals surface area contributed by atoms with E-state index in [-0.39, 0.29) is 23.3 Å². The monoisotopic (exact) mass is 465 g/mol. The van der Waals surface area contributed by atoms with Crippen molar-refractivity contribution in [3.8, 4) is 0 Å². The Balaban J connectivity index is 1.56. The first-order valence-corrected chi connectivity index (χ1v) is 12.0. The van der Waals surface area contributed by atoms with Crippen LogP contribution in [0.25, 0.3) is 10.2 Å². The van der Waals surface area contributed by atoms with Crippen molar-refractivity contribution in [3.05, 3.63) is 64.9 Å². The van der Waals surface area contributed by atoms with Gasteiger partial charge in [-0.3, -0.25) is 14.4 Å². The van der Waals surface area contributed by atoms with E-state index in [2.05, 4.69) is 10.3 Å². The van der Waals surface area contributed by atoms with Crippen molar-refractivity contribution in [1.29, 1.82) is 0 Å². The van der Waals surface area contributed by atoms with Gasteiger partial charge in [-0.2, -0.15) is 0 Å². The van der Waals surface area contributed by atoms with Gasteiger partial charge >= 0.3 is 0 Å². The Morgan fingerprint density at radius 2 is 1.91 bits per heavy atom. The van der Waals surface area contributed by atoms with E-state index in [1.807, 2.05) is 18.2 Å². The maximum Gasteiger partial charge on any atom is 0.257 e. The number of rotatable bonds is 7. The minimum Gasteiger partial charge on any atom is -0.368 e. The van der Waals surface area contributed by atoms with E-state index in [4.69, 9.17) is 5.73 Å². The molecule has 4 atom stereocenters. The number of primary amides is 1. The maximum absolute atomic E-state index is 13.8. The van der Waals surface area contributed by atoms with Gasteiger partial charge in [0, 0.05) is 0 Å². The number of nitrogens with two attached hydrogens (primary N) is 1. The Hall–Kier alpha value is -2.97. The summed E-state index contributed by atoms with van der Waals surface area (Å²) in [6.07, 6.45) is 2.78. The first-order chi connectivity index (χ1) is 15.9. The molecule has 1 aromatic heterocycles. The van der Waals surface area contributed by atoms with Crippen LogP contribution in [0.3, 0.4) is 0 Å². The van der Waals surface area contributed by atoms with Gasteiger partial charge in [-0.25, -0.2) is 9.37 Å².